The Kier molecular flexibility index (Phi) is 8.58. The summed E-state index contributed by atoms with van der Waals surface area (Å²) in [5, 5.41) is 5.87. The first-order valence-corrected chi connectivity index (χ1v) is 11.0. The molecule has 0 fully saturated rings. The number of carbonyl (C=O) groups is 2. The van der Waals surface area contributed by atoms with Crippen molar-refractivity contribution >= 4 is 33.4 Å². The summed E-state index contributed by atoms with van der Waals surface area (Å²) in [5.41, 5.74) is 3.42. The lowest BCUT2D eigenvalue weighted by molar-refractivity contribution is 0.0947. The van der Waals surface area contributed by atoms with E-state index < -0.39 is 0 Å². The normalized spacial score (nSPS) is 10.4. The minimum Gasteiger partial charge on any atom is -0.351 e. The molecule has 0 saturated heterocycles. The van der Waals surface area contributed by atoms with E-state index in [1.165, 1.54) is 0 Å². The van der Waals surface area contributed by atoms with E-state index in [9.17, 15) is 9.59 Å². The van der Waals surface area contributed by atoms with Gasteiger partial charge in [-0.25, -0.2) is 0 Å². The Labute approximate surface area is 162 Å². The molecule has 0 radical (unpaired) electrons. The number of nitrogens with one attached hydrogen (secondary N) is 2. The van der Waals surface area contributed by atoms with Crippen molar-refractivity contribution in [3.8, 4) is 0 Å². The maximum Gasteiger partial charge on any atom is 0.251 e. The highest BCUT2D eigenvalue weighted by molar-refractivity contribution is 8.76. The number of benzene rings is 2. The second-order valence-electron chi connectivity index (χ2n) is 5.79. The van der Waals surface area contributed by atoms with Crippen LogP contribution in [0.3, 0.4) is 0 Å². The van der Waals surface area contributed by atoms with Gasteiger partial charge in [-0.3, -0.25) is 9.59 Å². The quantitative estimate of drug-likeness (QED) is 0.506. The molecule has 0 spiro atoms. The first-order valence-electron chi connectivity index (χ1n) is 8.51. The predicted octanol–water partition coefficient (Wildman–Crippen LogP) is 3.84. The Balaban J connectivity index is 1.55. The maximum atomic E-state index is 12.1. The Morgan fingerprint density at radius 2 is 1.12 bits per heavy atom. The van der Waals surface area contributed by atoms with Gasteiger partial charge in [0.05, 0.1) is 0 Å². The van der Waals surface area contributed by atoms with Crippen LogP contribution < -0.4 is 10.6 Å². The lowest BCUT2D eigenvalue weighted by atomic mass is 10.1. The van der Waals surface area contributed by atoms with Gasteiger partial charge in [0.15, 0.2) is 0 Å². The largest absolute Gasteiger partial charge is 0.351 e. The van der Waals surface area contributed by atoms with Crippen molar-refractivity contribution in [3.63, 3.8) is 0 Å². The average molecular weight is 389 g/mol. The Morgan fingerprint density at radius 3 is 1.50 bits per heavy atom. The number of rotatable bonds is 9. The molecule has 0 bridgehead atoms. The monoisotopic (exact) mass is 388 g/mol. The highest BCUT2D eigenvalue weighted by atomic mass is 33.1. The molecule has 0 aliphatic heterocycles. The van der Waals surface area contributed by atoms with Crippen molar-refractivity contribution in [1.29, 1.82) is 0 Å². The molecule has 0 atom stereocenters. The molecule has 2 aromatic carbocycles. The molecular weight excluding hydrogens is 364 g/mol. The molecule has 6 heteroatoms. The predicted molar refractivity (Wildman–Crippen MR) is 112 cm³/mol. The third-order valence-electron chi connectivity index (χ3n) is 3.80. The Bertz CT molecular complexity index is 687. The second-order valence-corrected chi connectivity index (χ2v) is 8.49. The van der Waals surface area contributed by atoms with E-state index in [4.69, 9.17) is 0 Å². The highest BCUT2D eigenvalue weighted by Gasteiger charge is 2.08. The van der Waals surface area contributed by atoms with Crippen molar-refractivity contribution in [3.05, 3.63) is 70.8 Å². The van der Waals surface area contributed by atoms with Crippen LogP contribution in [0, 0.1) is 13.8 Å². The van der Waals surface area contributed by atoms with Gasteiger partial charge in [-0.05, 0) is 37.1 Å². The Morgan fingerprint density at radius 1 is 0.731 bits per heavy atom. The Hall–Kier alpha value is -1.92. The van der Waals surface area contributed by atoms with Gasteiger partial charge in [0, 0.05) is 35.7 Å². The molecule has 4 nitrogen and oxygen atoms in total. The van der Waals surface area contributed by atoms with Crippen molar-refractivity contribution in [1.82, 2.24) is 10.6 Å². The second kappa shape index (κ2) is 10.9. The number of carbonyl (C=O) groups excluding carboxylic acids is 2. The van der Waals surface area contributed by atoms with Crippen molar-refractivity contribution < 1.29 is 9.59 Å². The van der Waals surface area contributed by atoms with Crippen LogP contribution >= 0.6 is 21.6 Å². The molecule has 138 valence electrons. The molecule has 0 saturated carbocycles. The summed E-state index contributed by atoms with van der Waals surface area (Å²) in [6.07, 6.45) is 0. The fourth-order valence-corrected chi connectivity index (χ4v) is 4.19. The molecule has 2 rings (SSSR count). The number of amides is 2. The molecule has 0 aromatic heterocycles. The lowest BCUT2D eigenvalue weighted by Crippen LogP contribution is -2.26. The van der Waals surface area contributed by atoms with Crippen LogP contribution in [0.2, 0.25) is 0 Å². The topological polar surface area (TPSA) is 58.2 Å². The summed E-state index contributed by atoms with van der Waals surface area (Å²) in [6, 6.07) is 15.1. The van der Waals surface area contributed by atoms with Gasteiger partial charge in [-0.15, -0.1) is 0 Å². The van der Waals surface area contributed by atoms with Gasteiger partial charge in [0.2, 0.25) is 0 Å². The third kappa shape index (κ3) is 6.42. The summed E-state index contributed by atoms with van der Waals surface area (Å²) in [7, 11) is 3.39. The molecular formula is C20H24N2O2S2. The maximum absolute atomic E-state index is 12.1. The van der Waals surface area contributed by atoms with E-state index in [1.54, 1.807) is 21.6 Å². The van der Waals surface area contributed by atoms with Crippen LogP contribution in [0.5, 0.6) is 0 Å². The summed E-state index contributed by atoms with van der Waals surface area (Å²) in [6.45, 7) is 5.12. The van der Waals surface area contributed by atoms with Gasteiger partial charge in [0.25, 0.3) is 11.8 Å². The standard InChI is InChI=1S/C20H24N2O2S2/c1-15-7-3-5-9-17(15)19(23)21-11-13-25-26-14-12-22-20(24)18-10-6-4-8-16(18)2/h3-10H,11-14H2,1-2H3,(H,21,23)(H,22,24). The SMILES string of the molecule is Cc1ccccc1C(=O)NCCSSCCNC(=O)c1ccccc1C. The minimum absolute atomic E-state index is 0.0285. The van der Waals surface area contributed by atoms with Crippen molar-refractivity contribution in [2.75, 3.05) is 24.6 Å². The van der Waals surface area contributed by atoms with Crippen LogP contribution in [0.25, 0.3) is 0 Å². The highest BCUT2D eigenvalue weighted by Crippen LogP contribution is 2.19. The van der Waals surface area contributed by atoms with Gasteiger partial charge < -0.3 is 10.6 Å². The fourth-order valence-electron chi connectivity index (χ4n) is 2.38. The summed E-state index contributed by atoms with van der Waals surface area (Å²) in [4.78, 5) is 24.1. The van der Waals surface area contributed by atoms with Gasteiger partial charge in [0.1, 0.15) is 0 Å². The zero-order chi connectivity index (χ0) is 18.8. The number of hydrogen-bond acceptors (Lipinski definition) is 4. The summed E-state index contributed by atoms with van der Waals surface area (Å²) in [5.74, 6) is 1.60. The lowest BCUT2D eigenvalue weighted by Gasteiger charge is -2.08. The minimum atomic E-state index is -0.0285. The van der Waals surface area contributed by atoms with Gasteiger partial charge in [-0.2, -0.15) is 0 Å². The van der Waals surface area contributed by atoms with Crippen LogP contribution in [0.15, 0.2) is 48.5 Å². The molecule has 2 aromatic rings. The zero-order valence-electron chi connectivity index (χ0n) is 15.1. The molecule has 2 N–H and O–H groups in total. The molecule has 0 aliphatic rings. The number of hydrogen-bond donors (Lipinski definition) is 2. The molecule has 26 heavy (non-hydrogen) atoms. The van der Waals surface area contributed by atoms with Crippen LogP contribution in [-0.4, -0.2) is 36.4 Å². The van der Waals surface area contributed by atoms with Crippen LogP contribution in [0.1, 0.15) is 31.8 Å². The summed E-state index contributed by atoms with van der Waals surface area (Å²) < 4.78 is 0. The molecule has 0 unspecified atom stereocenters. The average Bonchev–Trinajstić information content (AvgIpc) is 2.64. The van der Waals surface area contributed by atoms with Crippen molar-refractivity contribution in [2.45, 2.75) is 13.8 Å². The van der Waals surface area contributed by atoms with E-state index in [0.717, 1.165) is 33.8 Å². The fraction of sp³-hybridized carbons (Fsp3) is 0.300. The number of aryl methyl sites for hydroxylation is 2. The third-order valence-corrected chi connectivity index (χ3v) is 6.21. The molecule has 0 aliphatic carbocycles. The first kappa shape index (κ1) is 20.4. The van der Waals surface area contributed by atoms with E-state index >= 15 is 0 Å². The zero-order valence-corrected chi connectivity index (χ0v) is 16.7. The van der Waals surface area contributed by atoms with Gasteiger partial charge >= 0.3 is 0 Å². The van der Waals surface area contributed by atoms with Crippen LogP contribution in [-0.2, 0) is 0 Å². The van der Waals surface area contributed by atoms with Crippen LogP contribution in [0.4, 0.5) is 0 Å². The van der Waals surface area contributed by atoms with E-state index in [0.29, 0.717) is 13.1 Å². The van der Waals surface area contributed by atoms with Gasteiger partial charge in [-0.1, -0.05) is 58.0 Å². The van der Waals surface area contributed by atoms with E-state index in [1.807, 2.05) is 62.4 Å². The smallest absolute Gasteiger partial charge is 0.251 e. The van der Waals surface area contributed by atoms with Crippen molar-refractivity contribution in [2.24, 2.45) is 0 Å². The molecule has 2 amide bonds. The summed E-state index contributed by atoms with van der Waals surface area (Å²) >= 11 is 0. The van der Waals surface area contributed by atoms with E-state index in [2.05, 4.69) is 10.6 Å². The molecule has 0 heterocycles. The first-order chi connectivity index (χ1) is 12.6. The van der Waals surface area contributed by atoms with E-state index in [-0.39, 0.29) is 11.8 Å².